The molecular weight excluding hydrogens is 374 g/mol. The van der Waals surface area contributed by atoms with Gasteiger partial charge < -0.3 is 16.0 Å². The fourth-order valence-corrected chi connectivity index (χ4v) is 4.77. The average molecular weight is 408 g/mol. The maximum Gasteiger partial charge on any atom is 0.282 e. The Hall–Kier alpha value is -2.47. The molecule has 30 heavy (non-hydrogen) atoms. The lowest BCUT2D eigenvalue weighted by atomic mass is 9.93. The van der Waals surface area contributed by atoms with Crippen LogP contribution in [-0.4, -0.2) is 41.9 Å². The highest BCUT2D eigenvalue weighted by Crippen LogP contribution is 2.28. The topological polar surface area (TPSA) is 83.6 Å². The van der Waals surface area contributed by atoms with E-state index < -0.39 is 0 Å². The molecule has 2 heterocycles. The molecule has 3 N–H and O–H groups in total. The maximum absolute atomic E-state index is 12.8. The van der Waals surface area contributed by atoms with Crippen LogP contribution in [0.2, 0.25) is 0 Å². The Morgan fingerprint density at radius 2 is 1.80 bits per heavy atom. The van der Waals surface area contributed by atoms with Gasteiger partial charge in [0.15, 0.2) is 0 Å². The predicted molar refractivity (Wildman–Crippen MR) is 123 cm³/mol. The summed E-state index contributed by atoms with van der Waals surface area (Å²) >= 11 is 0. The Morgan fingerprint density at radius 1 is 1.10 bits per heavy atom. The molecule has 6 nitrogen and oxygen atoms in total. The van der Waals surface area contributed by atoms with E-state index >= 15 is 0 Å². The first kappa shape index (κ1) is 20.8. The number of nitrogens with two attached hydrogens (primary N) is 1. The summed E-state index contributed by atoms with van der Waals surface area (Å²) in [5, 5.41) is 4.84. The van der Waals surface area contributed by atoms with Crippen molar-refractivity contribution in [2.45, 2.75) is 70.9 Å². The number of amidine groups is 1. The fraction of sp³-hybridized carbons (Fsp3) is 0.542. The summed E-state index contributed by atoms with van der Waals surface area (Å²) in [6, 6.07) is 9.29. The van der Waals surface area contributed by atoms with Crippen molar-refractivity contribution in [1.29, 1.82) is 0 Å². The summed E-state index contributed by atoms with van der Waals surface area (Å²) in [5.74, 6) is 0.687. The monoisotopic (exact) mass is 407 g/mol. The standard InChI is InChI=1S/C24H33N5O/c1-16-8-9-22-18(14-16)15-21(24(30)26-17(2)25)23(28-22)29-12-10-20(11-13-29)27-19-6-4-3-5-7-19/h8-9,14-15,19-20,27H,3-7,10-13H2,1-2H3,(H2,25,26,30). The van der Waals surface area contributed by atoms with Crippen LogP contribution in [0.1, 0.15) is 67.8 Å². The quantitative estimate of drug-likeness (QED) is 0.592. The molecule has 1 saturated carbocycles. The third-order valence-electron chi connectivity index (χ3n) is 6.33. The SMILES string of the molecule is CC(N)=NC(=O)c1cc2cc(C)ccc2nc1N1CCC(NC2CCCCC2)CC1. The lowest BCUT2D eigenvalue weighted by molar-refractivity contribution is 0.100. The summed E-state index contributed by atoms with van der Waals surface area (Å²) < 4.78 is 0. The van der Waals surface area contributed by atoms with Gasteiger partial charge >= 0.3 is 0 Å². The molecule has 1 aromatic carbocycles. The molecule has 0 bridgehead atoms. The zero-order valence-electron chi connectivity index (χ0n) is 18.2. The number of fused-ring (bicyclic) bond motifs is 1. The second kappa shape index (κ2) is 9.13. The highest BCUT2D eigenvalue weighted by atomic mass is 16.1. The lowest BCUT2D eigenvalue weighted by Gasteiger charge is -2.36. The summed E-state index contributed by atoms with van der Waals surface area (Å²) in [4.78, 5) is 24.0. The number of benzene rings is 1. The van der Waals surface area contributed by atoms with Crippen molar-refractivity contribution in [2.24, 2.45) is 10.7 Å². The molecule has 1 aliphatic carbocycles. The molecule has 160 valence electrons. The van der Waals surface area contributed by atoms with Gasteiger partial charge in [-0.15, -0.1) is 0 Å². The van der Waals surface area contributed by atoms with Gasteiger partial charge in [0.25, 0.3) is 5.91 Å². The third kappa shape index (κ3) is 4.81. The molecular formula is C24H33N5O. The van der Waals surface area contributed by atoms with Crippen LogP contribution in [0.4, 0.5) is 5.82 Å². The van der Waals surface area contributed by atoms with Crippen LogP contribution >= 0.6 is 0 Å². The first-order valence-corrected chi connectivity index (χ1v) is 11.3. The number of nitrogens with one attached hydrogen (secondary N) is 1. The van der Waals surface area contributed by atoms with Crippen LogP contribution in [0.15, 0.2) is 29.3 Å². The molecule has 0 unspecified atom stereocenters. The van der Waals surface area contributed by atoms with Gasteiger partial charge in [-0.1, -0.05) is 30.9 Å². The number of hydrogen-bond acceptors (Lipinski definition) is 4. The molecule has 1 aliphatic heterocycles. The number of rotatable bonds is 4. The molecule has 1 amide bonds. The largest absolute Gasteiger partial charge is 0.387 e. The van der Waals surface area contributed by atoms with Crippen molar-refractivity contribution in [3.8, 4) is 0 Å². The number of nitrogens with zero attached hydrogens (tertiary/aromatic N) is 3. The van der Waals surface area contributed by atoms with Gasteiger partial charge in [0.1, 0.15) is 11.7 Å². The van der Waals surface area contributed by atoms with Crippen molar-refractivity contribution in [3.63, 3.8) is 0 Å². The third-order valence-corrected chi connectivity index (χ3v) is 6.33. The van der Waals surface area contributed by atoms with E-state index in [1.54, 1.807) is 6.92 Å². The van der Waals surface area contributed by atoms with Crippen LogP contribution in [0.5, 0.6) is 0 Å². The van der Waals surface area contributed by atoms with E-state index in [1.165, 1.54) is 32.1 Å². The van der Waals surface area contributed by atoms with Crippen LogP contribution in [0, 0.1) is 6.92 Å². The minimum atomic E-state index is -0.316. The van der Waals surface area contributed by atoms with Gasteiger partial charge in [0.2, 0.25) is 0 Å². The Labute approximate surface area is 179 Å². The number of hydrogen-bond donors (Lipinski definition) is 2. The molecule has 2 aliphatic rings. The summed E-state index contributed by atoms with van der Waals surface area (Å²) in [5.41, 5.74) is 8.28. The normalized spacial score (nSPS) is 19.4. The van der Waals surface area contributed by atoms with E-state index in [0.717, 1.165) is 48.2 Å². The number of pyridine rings is 1. The minimum absolute atomic E-state index is 0.269. The van der Waals surface area contributed by atoms with Crippen molar-refractivity contribution in [3.05, 3.63) is 35.4 Å². The Bertz CT molecular complexity index is 936. The average Bonchev–Trinajstić information content (AvgIpc) is 2.73. The van der Waals surface area contributed by atoms with Crippen molar-refractivity contribution in [1.82, 2.24) is 10.3 Å². The van der Waals surface area contributed by atoms with E-state index in [-0.39, 0.29) is 11.7 Å². The summed E-state index contributed by atoms with van der Waals surface area (Å²) in [7, 11) is 0. The zero-order valence-corrected chi connectivity index (χ0v) is 18.2. The number of aliphatic imine (C=N–C) groups is 1. The smallest absolute Gasteiger partial charge is 0.282 e. The Balaban J connectivity index is 1.55. The second-order valence-electron chi connectivity index (χ2n) is 8.88. The highest BCUT2D eigenvalue weighted by Gasteiger charge is 2.26. The van der Waals surface area contributed by atoms with Crippen molar-refractivity contribution < 1.29 is 4.79 Å². The van der Waals surface area contributed by atoms with Gasteiger partial charge in [-0.3, -0.25) is 4.79 Å². The predicted octanol–water partition coefficient (Wildman–Crippen LogP) is 3.95. The van der Waals surface area contributed by atoms with E-state index in [1.807, 2.05) is 19.1 Å². The molecule has 2 aromatic rings. The van der Waals surface area contributed by atoms with E-state index in [9.17, 15) is 4.79 Å². The number of carbonyl (C=O) groups excluding carboxylic acids is 1. The molecule has 0 atom stereocenters. The van der Waals surface area contributed by atoms with Crippen molar-refractivity contribution in [2.75, 3.05) is 18.0 Å². The van der Waals surface area contributed by atoms with Gasteiger partial charge in [0, 0.05) is 30.6 Å². The maximum atomic E-state index is 12.8. The van der Waals surface area contributed by atoms with Crippen molar-refractivity contribution >= 4 is 28.5 Å². The van der Waals surface area contributed by atoms with E-state index in [0.29, 0.717) is 17.6 Å². The zero-order chi connectivity index (χ0) is 21.1. The molecule has 0 radical (unpaired) electrons. The first-order chi connectivity index (χ1) is 14.5. The number of amides is 1. The lowest BCUT2D eigenvalue weighted by Crippen LogP contribution is -2.47. The van der Waals surface area contributed by atoms with Crippen LogP contribution in [-0.2, 0) is 0 Å². The van der Waals surface area contributed by atoms with Gasteiger partial charge in [-0.2, -0.15) is 4.99 Å². The van der Waals surface area contributed by atoms with Crippen LogP contribution < -0.4 is 16.0 Å². The highest BCUT2D eigenvalue weighted by molar-refractivity contribution is 6.07. The Morgan fingerprint density at radius 3 is 2.50 bits per heavy atom. The Kier molecular flexibility index (Phi) is 6.32. The minimum Gasteiger partial charge on any atom is -0.387 e. The molecule has 2 fully saturated rings. The van der Waals surface area contributed by atoms with Crippen LogP contribution in [0.3, 0.4) is 0 Å². The van der Waals surface area contributed by atoms with Gasteiger partial charge in [-0.25, -0.2) is 4.98 Å². The van der Waals surface area contributed by atoms with E-state index in [4.69, 9.17) is 10.7 Å². The van der Waals surface area contributed by atoms with Gasteiger partial charge in [0.05, 0.1) is 11.1 Å². The summed E-state index contributed by atoms with van der Waals surface area (Å²) in [6.07, 6.45) is 8.83. The number of carbonyl (C=O) groups is 1. The number of piperidine rings is 1. The van der Waals surface area contributed by atoms with Crippen LogP contribution in [0.25, 0.3) is 10.9 Å². The molecule has 6 heteroatoms. The number of aromatic nitrogens is 1. The number of anilines is 1. The molecule has 1 aromatic heterocycles. The fourth-order valence-electron chi connectivity index (χ4n) is 4.77. The number of aryl methyl sites for hydroxylation is 1. The van der Waals surface area contributed by atoms with E-state index in [2.05, 4.69) is 27.3 Å². The molecule has 4 rings (SSSR count). The van der Waals surface area contributed by atoms with Gasteiger partial charge in [-0.05, 0) is 57.7 Å². The second-order valence-corrected chi connectivity index (χ2v) is 8.88. The molecule has 1 saturated heterocycles. The molecule has 0 spiro atoms. The summed E-state index contributed by atoms with van der Waals surface area (Å²) in [6.45, 7) is 5.46. The first-order valence-electron chi connectivity index (χ1n) is 11.3.